The van der Waals surface area contributed by atoms with Gasteiger partial charge in [-0.05, 0) is 105 Å². The summed E-state index contributed by atoms with van der Waals surface area (Å²) >= 11 is 0. The molecule has 0 saturated heterocycles. The number of carbonyl (C=O) groups excluding carboxylic acids is 1. The van der Waals surface area contributed by atoms with Crippen LogP contribution in [0, 0.1) is 10.8 Å². The Bertz CT molecular complexity index is 1160. The molecule has 0 radical (unpaired) electrons. The van der Waals surface area contributed by atoms with Gasteiger partial charge in [0.1, 0.15) is 11.8 Å². The third-order valence-electron chi connectivity index (χ3n) is 7.82. The van der Waals surface area contributed by atoms with Crippen LogP contribution in [0.2, 0.25) is 0 Å². The van der Waals surface area contributed by atoms with Crippen molar-refractivity contribution in [1.82, 2.24) is 5.32 Å². The van der Waals surface area contributed by atoms with Crippen LogP contribution in [0.4, 0.5) is 14.5 Å². The van der Waals surface area contributed by atoms with E-state index in [0.717, 1.165) is 78.6 Å². The number of nitrogens with zero attached hydrogens (tertiary/aromatic N) is 1. The number of carbonyl (C=O) groups is 1. The predicted octanol–water partition coefficient (Wildman–Crippen LogP) is 8.94. The van der Waals surface area contributed by atoms with E-state index in [9.17, 15) is 13.6 Å². The van der Waals surface area contributed by atoms with Gasteiger partial charge < -0.3 is 21.0 Å². The lowest BCUT2D eigenvalue weighted by Crippen LogP contribution is -2.42. The summed E-state index contributed by atoms with van der Waals surface area (Å²) in [5, 5.41) is 17.5. The molecule has 0 bridgehead atoms. The van der Waals surface area contributed by atoms with Crippen LogP contribution in [0.3, 0.4) is 0 Å². The minimum Gasteiger partial charge on any atom is -0.313 e. The standard InChI is InChI=1S/C27H34FN3O.C4H7F.C2H5N.C2H6/c1-3-7-22(29)13-19-8-5-9-23(14-19)31-17-25-21(4-2)12-20(15-24(25)26(31)32)16-30-18-27(28)10-6-11-27;5-4-2-1-3-4;1-2-3;1-2/h5,8-9,12,14-15,29-30H,3-4,6-7,10-11,13,16-18H2,1-2H3;4H,1-3H2;2-3H,1H3;1-2H3. The topological polar surface area (TPSA) is 80.0 Å². The molecule has 2 saturated carbocycles. The molecule has 0 unspecified atom stereocenters. The lowest BCUT2D eigenvalue weighted by molar-refractivity contribution is 0.0630. The van der Waals surface area contributed by atoms with Gasteiger partial charge in [0, 0.05) is 36.5 Å². The molecule has 5 nitrogen and oxygen atoms in total. The molecule has 232 valence electrons. The van der Waals surface area contributed by atoms with Gasteiger partial charge in [0.05, 0.1) is 6.54 Å². The normalized spacial score (nSPS) is 16.3. The lowest BCUT2D eigenvalue weighted by atomic mass is 9.82. The third-order valence-corrected chi connectivity index (χ3v) is 7.82. The summed E-state index contributed by atoms with van der Waals surface area (Å²) in [7, 11) is 0. The Kier molecular flexibility index (Phi) is 15.0. The van der Waals surface area contributed by atoms with Gasteiger partial charge in [-0.25, -0.2) is 8.78 Å². The number of hydrogen-bond donors (Lipinski definition) is 3. The highest BCUT2D eigenvalue weighted by Gasteiger charge is 2.36. The lowest BCUT2D eigenvalue weighted by Gasteiger charge is -2.34. The molecule has 1 heterocycles. The van der Waals surface area contributed by atoms with Crippen molar-refractivity contribution in [2.45, 2.75) is 124 Å². The van der Waals surface area contributed by atoms with Crippen LogP contribution in [0.5, 0.6) is 0 Å². The number of hydrogen-bond acceptors (Lipinski definition) is 4. The second kappa shape index (κ2) is 17.9. The van der Waals surface area contributed by atoms with Crippen LogP contribution in [0.1, 0.15) is 119 Å². The van der Waals surface area contributed by atoms with Gasteiger partial charge in [0.15, 0.2) is 0 Å². The first-order chi connectivity index (χ1) is 20.2. The monoisotopic (exact) mass is 582 g/mol. The van der Waals surface area contributed by atoms with Crippen LogP contribution in [-0.2, 0) is 25.9 Å². The van der Waals surface area contributed by atoms with Gasteiger partial charge in [-0.2, -0.15) is 0 Å². The van der Waals surface area contributed by atoms with Crippen molar-refractivity contribution in [1.29, 1.82) is 10.8 Å². The fourth-order valence-electron chi connectivity index (χ4n) is 5.17. The average molecular weight is 583 g/mol. The molecule has 3 aliphatic rings. The van der Waals surface area contributed by atoms with Crippen molar-refractivity contribution in [3.63, 3.8) is 0 Å². The molecule has 42 heavy (non-hydrogen) atoms. The molecule has 1 amide bonds. The number of nitrogens with one attached hydrogen (secondary N) is 3. The summed E-state index contributed by atoms with van der Waals surface area (Å²) < 4.78 is 25.8. The van der Waals surface area contributed by atoms with Gasteiger partial charge in [0.2, 0.25) is 0 Å². The second-order valence-corrected chi connectivity index (χ2v) is 11.2. The molecule has 0 atom stereocenters. The number of anilines is 1. The minimum atomic E-state index is -1.05. The van der Waals surface area contributed by atoms with Crippen LogP contribution < -0.4 is 10.2 Å². The average Bonchev–Trinajstić information content (AvgIpc) is 3.29. The summed E-state index contributed by atoms with van der Waals surface area (Å²) in [6, 6.07) is 12.2. The molecular weight excluding hydrogens is 530 g/mol. The van der Waals surface area contributed by atoms with Gasteiger partial charge >= 0.3 is 0 Å². The number of aryl methyl sites for hydroxylation is 1. The summed E-state index contributed by atoms with van der Waals surface area (Å²) in [5.41, 5.74) is 5.74. The highest BCUT2D eigenvalue weighted by molar-refractivity contribution is 6.10. The Balaban J connectivity index is 0.000000532. The number of amides is 1. The van der Waals surface area contributed by atoms with E-state index in [0.29, 0.717) is 38.9 Å². The fourth-order valence-corrected chi connectivity index (χ4v) is 5.17. The summed E-state index contributed by atoms with van der Waals surface area (Å²) in [6.07, 6.45) is 9.10. The molecule has 2 aliphatic carbocycles. The molecule has 5 rings (SSSR count). The Hall–Kier alpha value is -2.93. The molecule has 0 spiro atoms. The van der Waals surface area contributed by atoms with Gasteiger partial charge in [-0.1, -0.05) is 52.3 Å². The van der Waals surface area contributed by atoms with E-state index in [1.165, 1.54) is 11.8 Å². The zero-order valence-electron chi connectivity index (χ0n) is 26.4. The zero-order valence-corrected chi connectivity index (χ0v) is 26.4. The van der Waals surface area contributed by atoms with Crippen LogP contribution in [0.25, 0.3) is 0 Å². The Labute approximate surface area is 252 Å². The van der Waals surface area contributed by atoms with Crippen molar-refractivity contribution in [2.75, 3.05) is 11.4 Å². The number of alkyl halides is 2. The van der Waals surface area contributed by atoms with E-state index in [1.54, 1.807) is 6.92 Å². The largest absolute Gasteiger partial charge is 0.313 e. The van der Waals surface area contributed by atoms with E-state index in [4.69, 9.17) is 10.8 Å². The molecule has 3 N–H and O–H groups in total. The number of halogens is 2. The molecule has 2 aromatic carbocycles. The third kappa shape index (κ3) is 10.1. The number of fused-ring (bicyclic) bond motifs is 1. The van der Waals surface area contributed by atoms with Crippen LogP contribution in [-0.4, -0.2) is 36.2 Å². The summed E-state index contributed by atoms with van der Waals surface area (Å²) in [6.45, 7) is 11.4. The molecule has 0 aromatic heterocycles. The van der Waals surface area contributed by atoms with Crippen molar-refractivity contribution in [2.24, 2.45) is 0 Å². The van der Waals surface area contributed by atoms with Crippen LogP contribution in [0.15, 0.2) is 36.4 Å². The van der Waals surface area contributed by atoms with E-state index in [2.05, 4.69) is 25.2 Å². The SMILES string of the molecule is CC.CC=N.CCCC(=N)Cc1cccc(N2Cc3c(CC)cc(CNCC4(F)CCC4)cc3C2=O)c1.FC1CCC1. The number of rotatable bonds is 10. The van der Waals surface area contributed by atoms with Crippen LogP contribution >= 0.6 is 0 Å². The Morgan fingerprint density at radius 1 is 1.12 bits per heavy atom. The van der Waals surface area contributed by atoms with E-state index in [-0.39, 0.29) is 5.91 Å². The first-order valence-corrected chi connectivity index (χ1v) is 15.8. The van der Waals surface area contributed by atoms with Crippen molar-refractivity contribution in [3.8, 4) is 0 Å². The van der Waals surface area contributed by atoms with E-state index >= 15 is 0 Å². The van der Waals surface area contributed by atoms with E-state index in [1.807, 2.05) is 49.1 Å². The Morgan fingerprint density at radius 3 is 2.31 bits per heavy atom. The summed E-state index contributed by atoms with van der Waals surface area (Å²) in [4.78, 5) is 15.2. The fraction of sp³-hybridized carbons (Fsp3) is 0.571. The highest BCUT2D eigenvalue weighted by atomic mass is 19.1. The van der Waals surface area contributed by atoms with E-state index < -0.39 is 11.8 Å². The van der Waals surface area contributed by atoms with Gasteiger partial charge in [-0.3, -0.25) is 4.79 Å². The summed E-state index contributed by atoms with van der Waals surface area (Å²) in [5.74, 6) is 0.0262. The molecule has 7 heteroatoms. The quantitative estimate of drug-likeness (QED) is 0.245. The molecule has 1 aliphatic heterocycles. The van der Waals surface area contributed by atoms with Gasteiger partial charge in [-0.15, -0.1) is 0 Å². The maximum absolute atomic E-state index is 14.3. The molecular formula is C35H52F2N4O. The second-order valence-electron chi connectivity index (χ2n) is 11.2. The highest BCUT2D eigenvalue weighted by Crippen LogP contribution is 2.35. The van der Waals surface area contributed by atoms with Crippen molar-refractivity contribution in [3.05, 3.63) is 64.2 Å². The number of benzene rings is 2. The molecule has 2 aromatic rings. The van der Waals surface area contributed by atoms with Crippen molar-refractivity contribution >= 4 is 23.5 Å². The minimum absolute atomic E-state index is 0.0262. The smallest absolute Gasteiger partial charge is 0.258 e. The first kappa shape index (κ1) is 35.3. The van der Waals surface area contributed by atoms with Crippen molar-refractivity contribution < 1.29 is 13.6 Å². The molecule has 2 fully saturated rings. The Morgan fingerprint density at radius 2 is 1.79 bits per heavy atom. The zero-order chi connectivity index (χ0) is 31.1. The van der Waals surface area contributed by atoms with Gasteiger partial charge in [0.25, 0.3) is 5.91 Å². The maximum Gasteiger partial charge on any atom is 0.258 e. The maximum atomic E-state index is 14.3. The first-order valence-electron chi connectivity index (χ1n) is 15.8. The predicted molar refractivity (Wildman–Crippen MR) is 173 cm³/mol.